The number of carbonyl (C=O) groups is 1. The summed E-state index contributed by atoms with van der Waals surface area (Å²) in [7, 11) is -4.79. The van der Waals surface area contributed by atoms with Gasteiger partial charge in [-0.15, -0.1) is 0 Å². The lowest BCUT2D eigenvalue weighted by Gasteiger charge is -2.35. The van der Waals surface area contributed by atoms with Crippen molar-refractivity contribution >= 4 is 38.4 Å². The fourth-order valence-corrected chi connectivity index (χ4v) is 4.75. The highest BCUT2D eigenvalue weighted by Crippen LogP contribution is 2.31. The average Bonchev–Trinajstić information content (AvgIpc) is 2.82. The number of carbonyl (C=O) groups excluding carboxylic acids is 1. The first-order valence-electron chi connectivity index (χ1n) is 10.1. The number of anilines is 2. The van der Waals surface area contributed by atoms with Gasteiger partial charge in [-0.2, -0.15) is 21.6 Å². The van der Waals surface area contributed by atoms with E-state index in [1.54, 1.807) is 6.07 Å². The van der Waals surface area contributed by atoms with Gasteiger partial charge in [0.05, 0.1) is 4.90 Å². The van der Waals surface area contributed by atoms with E-state index >= 15 is 0 Å². The number of alkyl halides is 3. The van der Waals surface area contributed by atoms with Crippen LogP contribution in [0.2, 0.25) is 0 Å². The molecule has 3 aromatic rings. The van der Waals surface area contributed by atoms with Crippen LogP contribution in [0, 0.1) is 0 Å². The second kappa shape index (κ2) is 9.02. The number of nitrogens with one attached hydrogen (secondary N) is 1. The minimum atomic E-state index is -5.43. The number of hydrogen-bond acceptors (Lipinski definition) is 9. The van der Waals surface area contributed by atoms with Crippen molar-refractivity contribution in [3.05, 3.63) is 49.1 Å². The smallest absolute Gasteiger partial charge is 0.351 e. The molecule has 0 aliphatic carbocycles. The van der Waals surface area contributed by atoms with Crippen LogP contribution < -0.4 is 14.7 Å². The van der Waals surface area contributed by atoms with Gasteiger partial charge in [0.15, 0.2) is 5.82 Å². The van der Waals surface area contributed by atoms with Gasteiger partial charge in [0.25, 0.3) is 10.0 Å². The lowest BCUT2D eigenvalue weighted by atomic mass is 10.1. The number of aromatic nitrogens is 3. The summed E-state index contributed by atoms with van der Waals surface area (Å²) in [5, 5.41) is 4.43. The van der Waals surface area contributed by atoms with Gasteiger partial charge in [0, 0.05) is 49.5 Å². The van der Waals surface area contributed by atoms with Crippen molar-refractivity contribution in [1.82, 2.24) is 20.3 Å². The van der Waals surface area contributed by atoms with Crippen LogP contribution in [-0.4, -0.2) is 61.2 Å². The van der Waals surface area contributed by atoms with Crippen LogP contribution in [0.15, 0.2) is 53.9 Å². The molecule has 2 aromatic heterocycles. The predicted octanol–water partition coefficient (Wildman–Crippen LogP) is 2.04. The molecule has 3 heterocycles. The van der Waals surface area contributed by atoms with E-state index in [1.807, 2.05) is 6.92 Å². The third-order valence-corrected chi connectivity index (χ3v) is 6.70. The maximum Gasteiger partial charge on any atom is 0.493 e. The van der Waals surface area contributed by atoms with Crippen LogP contribution in [0.5, 0.6) is 0 Å². The van der Waals surface area contributed by atoms with E-state index < -0.39 is 32.9 Å². The summed E-state index contributed by atoms with van der Waals surface area (Å²) in [5.74, 6) is -2.63. The SMILES string of the molecule is CC1CNCCN1c1nccc2cc(S(=O)(=O)N(OC(=O)C(F)(F)F)c3ccncn3)ccc12. The number of sulfonamides is 1. The zero-order chi connectivity index (χ0) is 24.5. The lowest BCUT2D eigenvalue weighted by molar-refractivity contribution is -0.199. The molecule has 0 radical (unpaired) electrons. The summed E-state index contributed by atoms with van der Waals surface area (Å²) in [6.45, 7) is 4.23. The number of pyridine rings is 1. The van der Waals surface area contributed by atoms with Gasteiger partial charge in [-0.1, -0.05) is 4.47 Å². The summed E-state index contributed by atoms with van der Waals surface area (Å²) in [6, 6.07) is 6.73. The average molecular weight is 496 g/mol. The van der Waals surface area contributed by atoms with Gasteiger partial charge >= 0.3 is 12.1 Å². The predicted molar refractivity (Wildman–Crippen MR) is 115 cm³/mol. The Labute approximate surface area is 192 Å². The quantitative estimate of drug-likeness (QED) is 0.530. The molecule has 4 rings (SSSR count). The van der Waals surface area contributed by atoms with E-state index in [2.05, 4.69) is 30.0 Å². The highest BCUT2D eigenvalue weighted by Gasteiger charge is 2.45. The van der Waals surface area contributed by atoms with Crippen LogP contribution in [0.3, 0.4) is 0 Å². The second-order valence-corrected chi connectivity index (χ2v) is 9.19. The van der Waals surface area contributed by atoms with Crippen LogP contribution in [-0.2, 0) is 19.7 Å². The minimum absolute atomic E-state index is 0.144. The Morgan fingerprint density at radius 3 is 2.68 bits per heavy atom. The molecule has 14 heteroatoms. The van der Waals surface area contributed by atoms with E-state index in [0.29, 0.717) is 23.1 Å². The van der Waals surface area contributed by atoms with Crippen molar-refractivity contribution in [3.8, 4) is 0 Å². The standard InChI is InChI=1S/C20H19F3N6O4S/c1-13-11-24-8-9-28(13)18-16-3-2-15(10-14(16)4-7-26-18)34(31,32)29(17-5-6-25-12-27-17)33-19(30)20(21,22)23/h2-7,10,12-13,24H,8-9,11H2,1H3. The van der Waals surface area contributed by atoms with E-state index in [4.69, 9.17) is 0 Å². The van der Waals surface area contributed by atoms with E-state index in [1.165, 1.54) is 24.4 Å². The molecule has 0 spiro atoms. The molecule has 34 heavy (non-hydrogen) atoms. The van der Waals surface area contributed by atoms with Crippen LogP contribution >= 0.6 is 0 Å². The van der Waals surface area contributed by atoms with Gasteiger partial charge in [-0.25, -0.2) is 19.7 Å². The Bertz CT molecular complexity index is 1310. The number of hydrogen-bond donors (Lipinski definition) is 1. The molecule has 10 nitrogen and oxygen atoms in total. The fraction of sp³-hybridized carbons (Fsp3) is 0.300. The normalized spacial score (nSPS) is 16.9. The Morgan fingerprint density at radius 2 is 2.00 bits per heavy atom. The monoisotopic (exact) mass is 496 g/mol. The number of rotatable bonds is 5. The summed E-state index contributed by atoms with van der Waals surface area (Å²) in [4.78, 5) is 29.1. The Kier molecular flexibility index (Phi) is 6.27. The highest BCUT2D eigenvalue weighted by molar-refractivity contribution is 7.92. The van der Waals surface area contributed by atoms with Crippen molar-refractivity contribution < 1.29 is 31.2 Å². The molecule has 1 N–H and O–H groups in total. The summed E-state index contributed by atoms with van der Waals surface area (Å²) in [5.41, 5.74) is 0. The zero-order valence-electron chi connectivity index (χ0n) is 17.7. The molecular formula is C20H19F3N6O4S. The molecule has 0 amide bonds. The first kappa shape index (κ1) is 23.6. The molecule has 1 atom stereocenters. The van der Waals surface area contributed by atoms with Crippen molar-refractivity contribution in [2.45, 2.75) is 24.0 Å². The van der Waals surface area contributed by atoms with Crippen molar-refractivity contribution in [3.63, 3.8) is 0 Å². The van der Waals surface area contributed by atoms with Crippen molar-refractivity contribution in [2.75, 3.05) is 29.0 Å². The largest absolute Gasteiger partial charge is 0.493 e. The summed E-state index contributed by atoms with van der Waals surface area (Å²) in [6.07, 6.45) is -1.90. The maximum absolute atomic E-state index is 13.3. The molecule has 1 unspecified atom stereocenters. The Balaban J connectivity index is 1.77. The van der Waals surface area contributed by atoms with E-state index in [-0.39, 0.29) is 10.5 Å². The van der Waals surface area contributed by atoms with Crippen LogP contribution in [0.25, 0.3) is 10.8 Å². The van der Waals surface area contributed by atoms with Gasteiger partial charge in [0.2, 0.25) is 0 Å². The molecule has 0 saturated carbocycles. The first-order chi connectivity index (χ1) is 16.1. The highest BCUT2D eigenvalue weighted by atomic mass is 32.2. The molecule has 1 saturated heterocycles. The topological polar surface area (TPSA) is 118 Å². The number of halogens is 3. The van der Waals surface area contributed by atoms with Crippen molar-refractivity contribution in [2.24, 2.45) is 0 Å². The molecule has 1 aliphatic rings. The van der Waals surface area contributed by atoms with Crippen LogP contribution in [0.1, 0.15) is 6.92 Å². The maximum atomic E-state index is 13.3. The first-order valence-corrected chi connectivity index (χ1v) is 11.5. The molecular weight excluding hydrogens is 477 g/mol. The van der Waals surface area contributed by atoms with E-state index in [0.717, 1.165) is 31.7 Å². The number of fused-ring (bicyclic) bond motifs is 1. The van der Waals surface area contributed by atoms with Gasteiger partial charge < -0.3 is 15.1 Å². The second-order valence-electron chi connectivity index (χ2n) is 7.44. The Morgan fingerprint density at radius 1 is 1.21 bits per heavy atom. The fourth-order valence-electron chi connectivity index (χ4n) is 3.52. The summed E-state index contributed by atoms with van der Waals surface area (Å²) >= 11 is 0. The van der Waals surface area contributed by atoms with Gasteiger partial charge in [-0.3, -0.25) is 0 Å². The lowest BCUT2D eigenvalue weighted by Crippen LogP contribution is -2.50. The van der Waals surface area contributed by atoms with E-state index in [9.17, 15) is 26.4 Å². The van der Waals surface area contributed by atoms with Crippen LogP contribution in [0.4, 0.5) is 24.8 Å². The minimum Gasteiger partial charge on any atom is -0.351 e. The molecule has 1 aliphatic heterocycles. The summed E-state index contributed by atoms with van der Waals surface area (Å²) < 4.78 is 64.9. The zero-order valence-corrected chi connectivity index (χ0v) is 18.5. The number of piperazine rings is 1. The number of benzene rings is 1. The van der Waals surface area contributed by atoms with Crippen molar-refractivity contribution in [1.29, 1.82) is 0 Å². The molecule has 0 bridgehead atoms. The third kappa shape index (κ3) is 4.59. The Hall–Kier alpha value is -3.52. The third-order valence-electron chi connectivity index (χ3n) is 5.16. The number of nitrogens with zero attached hydrogens (tertiary/aromatic N) is 5. The molecule has 1 fully saturated rings. The van der Waals surface area contributed by atoms with Gasteiger partial charge in [0.1, 0.15) is 12.1 Å². The molecule has 1 aromatic carbocycles. The molecule has 180 valence electrons. The van der Waals surface area contributed by atoms with Gasteiger partial charge in [-0.05, 0) is 36.6 Å².